The van der Waals surface area contributed by atoms with Crippen molar-refractivity contribution in [1.82, 2.24) is 0 Å². The predicted molar refractivity (Wildman–Crippen MR) is 144 cm³/mol. The summed E-state index contributed by atoms with van der Waals surface area (Å²) < 4.78 is 27.6. The van der Waals surface area contributed by atoms with E-state index in [1.54, 1.807) is 24.3 Å². The fourth-order valence-corrected chi connectivity index (χ4v) is 10.6. The molecule has 5 rings (SSSR count). The lowest BCUT2D eigenvalue weighted by Crippen LogP contribution is -2.46. The number of rotatable bonds is 7. The van der Waals surface area contributed by atoms with Gasteiger partial charge in [0.1, 0.15) is 0 Å². The Bertz CT molecular complexity index is 1050. The van der Waals surface area contributed by atoms with Crippen LogP contribution in [0.15, 0.2) is 46.9 Å². The maximum absolute atomic E-state index is 13.8. The van der Waals surface area contributed by atoms with Crippen molar-refractivity contribution in [2.45, 2.75) is 107 Å². The van der Waals surface area contributed by atoms with Gasteiger partial charge >= 0.3 is 0 Å². The Kier molecular flexibility index (Phi) is 7.48. The molecule has 4 aliphatic carbocycles. The lowest BCUT2D eigenvalue weighted by Gasteiger charge is -2.54. The number of hydrogen-bond donors (Lipinski definition) is 2. The van der Waals surface area contributed by atoms with Gasteiger partial charge in [-0.3, -0.25) is 0 Å². The molecule has 5 heteroatoms. The molecule has 4 aliphatic rings. The lowest BCUT2D eigenvalue weighted by atomic mass is 9.51. The van der Waals surface area contributed by atoms with Gasteiger partial charge in [0.25, 0.3) is 0 Å². The fourth-order valence-electron chi connectivity index (χ4n) is 8.76. The minimum Gasteiger partial charge on any atom is -0.393 e. The second-order valence-corrected chi connectivity index (χ2v) is 15.3. The van der Waals surface area contributed by atoms with Crippen LogP contribution in [0.1, 0.15) is 85.0 Å². The molecule has 2 N–H and O–H groups in total. The van der Waals surface area contributed by atoms with Crippen molar-refractivity contribution in [3.8, 4) is 0 Å². The summed E-state index contributed by atoms with van der Waals surface area (Å²) in [5, 5.41) is 20.4. The number of hydrogen-bond acceptors (Lipinski definition) is 4. The smallest absolute Gasteiger partial charge is 0.181 e. The first-order valence-electron chi connectivity index (χ1n) is 14.4. The van der Waals surface area contributed by atoms with Crippen molar-refractivity contribution in [2.75, 3.05) is 0 Å². The topological polar surface area (TPSA) is 74.6 Å². The summed E-state index contributed by atoms with van der Waals surface area (Å²) in [5.41, 5.74) is 1.69. The normalized spacial score (nSPS) is 38.0. The number of fused-ring (bicyclic) bond motifs is 5. The molecule has 1 aromatic rings. The van der Waals surface area contributed by atoms with Gasteiger partial charge < -0.3 is 10.2 Å². The average molecular weight is 515 g/mol. The van der Waals surface area contributed by atoms with E-state index in [1.807, 2.05) is 19.9 Å². The van der Waals surface area contributed by atoms with Gasteiger partial charge in [0, 0.05) is 0 Å². The summed E-state index contributed by atoms with van der Waals surface area (Å²) in [6.45, 7) is 6.40. The Morgan fingerprint density at radius 1 is 1.03 bits per heavy atom. The highest BCUT2D eigenvalue weighted by Crippen LogP contribution is 2.64. The number of aliphatic hydroxyl groups excluding tert-OH is 2. The molecule has 1 aromatic carbocycles. The van der Waals surface area contributed by atoms with Crippen molar-refractivity contribution >= 4 is 9.84 Å². The van der Waals surface area contributed by atoms with Crippen molar-refractivity contribution < 1.29 is 18.6 Å². The molecule has 0 radical (unpaired) electrons. The first-order valence-corrected chi connectivity index (χ1v) is 16.0. The first kappa shape index (κ1) is 26.4. The minimum atomic E-state index is -3.52. The zero-order valence-corrected chi connectivity index (χ0v) is 23.2. The third kappa shape index (κ3) is 4.73. The quantitative estimate of drug-likeness (QED) is 0.426. The monoisotopic (exact) mass is 514 g/mol. The summed E-state index contributed by atoms with van der Waals surface area (Å²) in [6, 6.07) is 8.87. The molecule has 0 bridgehead atoms. The van der Waals surface area contributed by atoms with Crippen LogP contribution in [0.5, 0.6) is 0 Å². The predicted octanol–water partition coefficient (Wildman–Crippen LogP) is 6.18. The van der Waals surface area contributed by atoms with Gasteiger partial charge in [-0.2, -0.15) is 0 Å². The van der Waals surface area contributed by atoms with Gasteiger partial charge in [-0.15, -0.1) is 0 Å². The highest BCUT2D eigenvalue weighted by molar-refractivity contribution is 7.92. The molecule has 9 atom stereocenters. The Balaban J connectivity index is 1.38. The SMILES string of the molecule is CC(C)C(O)CC(CC1CCC2C3CC=C4CC(O)CC[C@@H]4C3CCC12C)S(=O)(=O)c1ccccc1. The summed E-state index contributed by atoms with van der Waals surface area (Å²) >= 11 is 0. The van der Waals surface area contributed by atoms with E-state index in [2.05, 4.69) is 13.0 Å². The molecule has 0 aromatic heterocycles. The zero-order valence-electron chi connectivity index (χ0n) is 22.4. The van der Waals surface area contributed by atoms with Crippen LogP contribution in [0.2, 0.25) is 0 Å². The molecule has 3 saturated carbocycles. The average Bonchev–Trinajstić information content (AvgIpc) is 3.19. The third-order valence-corrected chi connectivity index (χ3v) is 13.1. The zero-order chi connectivity index (χ0) is 25.7. The maximum Gasteiger partial charge on any atom is 0.181 e. The summed E-state index contributed by atoms with van der Waals surface area (Å²) in [4.78, 5) is 0.388. The standard InChI is InChI=1S/C31H46O4S/c1-20(2)30(33)19-25(36(34,35)24-7-5-4-6-8-24)18-22-10-14-29-28-12-9-21-17-23(32)11-13-26(21)27(28)15-16-31(22,29)3/h4-9,20,22-23,25-30,32-33H,10-19H2,1-3H3/t22?,23?,25?,26-,27?,28?,29?,30?,31?/m0/s1. The van der Waals surface area contributed by atoms with Crippen LogP contribution >= 0.6 is 0 Å². The van der Waals surface area contributed by atoms with E-state index in [0.29, 0.717) is 41.4 Å². The van der Waals surface area contributed by atoms with Gasteiger partial charge in [0.05, 0.1) is 22.4 Å². The molecule has 0 saturated heterocycles. The van der Waals surface area contributed by atoms with Crippen LogP contribution < -0.4 is 0 Å². The van der Waals surface area contributed by atoms with Gasteiger partial charge in [-0.1, -0.05) is 50.6 Å². The van der Waals surface area contributed by atoms with Crippen LogP contribution in [0.25, 0.3) is 0 Å². The second kappa shape index (κ2) is 10.2. The Labute approximate surface area is 218 Å². The third-order valence-electron chi connectivity index (χ3n) is 10.9. The number of sulfone groups is 1. The first-order chi connectivity index (χ1) is 17.1. The van der Waals surface area contributed by atoms with E-state index in [1.165, 1.54) is 24.8 Å². The maximum atomic E-state index is 13.8. The summed E-state index contributed by atoms with van der Waals surface area (Å²) in [5.74, 6) is 3.16. The second-order valence-electron chi connectivity index (χ2n) is 13.1. The van der Waals surface area contributed by atoms with E-state index in [-0.39, 0.29) is 17.4 Å². The molecule has 4 nitrogen and oxygen atoms in total. The van der Waals surface area contributed by atoms with Gasteiger partial charge in [-0.25, -0.2) is 8.42 Å². The van der Waals surface area contributed by atoms with Crippen LogP contribution in [-0.2, 0) is 9.84 Å². The minimum absolute atomic E-state index is 0.0399. The molecule has 36 heavy (non-hydrogen) atoms. The van der Waals surface area contributed by atoms with Gasteiger partial charge in [0.2, 0.25) is 0 Å². The van der Waals surface area contributed by atoms with E-state index < -0.39 is 21.2 Å². The molecule has 200 valence electrons. The molecule has 3 fully saturated rings. The number of benzene rings is 1. The van der Waals surface area contributed by atoms with Crippen molar-refractivity contribution in [1.29, 1.82) is 0 Å². The van der Waals surface area contributed by atoms with E-state index in [9.17, 15) is 18.6 Å². The fraction of sp³-hybridized carbons (Fsp3) is 0.742. The van der Waals surface area contributed by atoms with Crippen LogP contribution in [0, 0.1) is 40.9 Å². The lowest BCUT2D eigenvalue weighted by molar-refractivity contribution is -0.0204. The van der Waals surface area contributed by atoms with Gasteiger partial charge in [-0.05, 0) is 117 Å². The summed E-state index contributed by atoms with van der Waals surface area (Å²) in [7, 11) is -3.52. The Morgan fingerprint density at radius 3 is 2.50 bits per heavy atom. The van der Waals surface area contributed by atoms with E-state index in [0.717, 1.165) is 38.0 Å². The van der Waals surface area contributed by atoms with E-state index in [4.69, 9.17) is 0 Å². The van der Waals surface area contributed by atoms with Crippen LogP contribution in [-0.4, -0.2) is 36.1 Å². The molecule has 0 heterocycles. The van der Waals surface area contributed by atoms with Crippen molar-refractivity contribution in [3.05, 3.63) is 42.0 Å². The number of allylic oxidation sites excluding steroid dienone is 1. The largest absolute Gasteiger partial charge is 0.393 e. The van der Waals surface area contributed by atoms with Crippen LogP contribution in [0.3, 0.4) is 0 Å². The highest BCUT2D eigenvalue weighted by atomic mass is 32.2. The molecule has 0 aliphatic heterocycles. The van der Waals surface area contributed by atoms with Gasteiger partial charge in [0.15, 0.2) is 9.84 Å². The van der Waals surface area contributed by atoms with E-state index >= 15 is 0 Å². The molecule has 0 spiro atoms. The molecule has 0 amide bonds. The van der Waals surface area contributed by atoms with Crippen molar-refractivity contribution in [3.63, 3.8) is 0 Å². The molecular weight excluding hydrogens is 468 g/mol. The highest BCUT2D eigenvalue weighted by Gasteiger charge is 2.56. The van der Waals surface area contributed by atoms with Crippen molar-refractivity contribution in [2.24, 2.45) is 40.9 Å². The Hall–Kier alpha value is -1.17. The number of aliphatic hydroxyl groups is 2. The Morgan fingerprint density at radius 2 is 1.78 bits per heavy atom. The molecular formula is C31H46O4S. The summed E-state index contributed by atoms with van der Waals surface area (Å²) in [6.07, 6.45) is 11.5. The molecule has 8 unspecified atom stereocenters. The van der Waals surface area contributed by atoms with Crippen LogP contribution in [0.4, 0.5) is 0 Å².